The molecule has 39 heavy (non-hydrogen) atoms. The van der Waals surface area contributed by atoms with E-state index >= 15 is 0 Å². The van der Waals surface area contributed by atoms with Gasteiger partial charge in [-0.3, -0.25) is 14.9 Å². The van der Waals surface area contributed by atoms with Gasteiger partial charge in [0.2, 0.25) is 5.91 Å². The highest BCUT2D eigenvalue weighted by atomic mass is 32.2. The molecule has 0 saturated carbocycles. The molecule has 0 aliphatic carbocycles. The first kappa shape index (κ1) is 27.2. The summed E-state index contributed by atoms with van der Waals surface area (Å²) in [5.74, 6) is -0.367. The summed E-state index contributed by atoms with van der Waals surface area (Å²) in [4.78, 5) is 15.0. The summed E-state index contributed by atoms with van der Waals surface area (Å²) >= 11 is 0. The summed E-state index contributed by atoms with van der Waals surface area (Å²) in [6.07, 6.45) is 0. The Bertz CT molecular complexity index is 1560. The third-order valence-corrected chi connectivity index (χ3v) is 7.52. The Balaban J connectivity index is 1.86. The van der Waals surface area contributed by atoms with E-state index in [2.05, 4.69) is 4.72 Å². The van der Waals surface area contributed by atoms with Crippen LogP contribution in [-0.2, 0) is 21.4 Å². The van der Waals surface area contributed by atoms with Crippen LogP contribution in [0, 0.1) is 5.41 Å². The molecule has 9 nitrogen and oxygen atoms in total. The van der Waals surface area contributed by atoms with E-state index < -0.39 is 22.0 Å². The maximum Gasteiger partial charge on any atom is 0.261 e. The number of methoxy groups -OCH3 is 1. The number of nitrogen functional groups attached to an aromatic ring is 1. The summed E-state index contributed by atoms with van der Waals surface area (Å²) < 4.78 is 34.5. The Morgan fingerprint density at radius 1 is 0.923 bits per heavy atom. The van der Waals surface area contributed by atoms with Crippen molar-refractivity contribution in [2.75, 3.05) is 16.7 Å². The fourth-order valence-corrected chi connectivity index (χ4v) is 5.32. The van der Waals surface area contributed by atoms with Gasteiger partial charge in [-0.25, -0.2) is 8.42 Å². The van der Waals surface area contributed by atoms with Crippen LogP contribution in [0.2, 0.25) is 0 Å². The summed E-state index contributed by atoms with van der Waals surface area (Å²) in [7, 11) is -2.50. The number of nitrogens with zero attached hydrogens (tertiary/aromatic N) is 1. The number of nitrogens with one attached hydrogen (secondary N) is 2. The predicted molar refractivity (Wildman–Crippen MR) is 152 cm³/mol. The zero-order valence-electron chi connectivity index (χ0n) is 21.2. The van der Waals surface area contributed by atoms with E-state index in [1.54, 1.807) is 65.6 Å². The van der Waals surface area contributed by atoms with Crippen LogP contribution >= 0.6 is 0 Å². The molecule has 200 valence electrons. The minimum absolute atomic E-state index is 0.0726. The Hall–Kier alpha value is -4.83. The van der Waals surface area contributed by atoms with E-state index in [4.69, 9.17) is 21.6 Å². The zero-order valence-corrected chi connectivity index (χ0v) is 22.1. The maximum absolute atomic E-state index is 13.2. The number of benzene rings is 4. The molecule has 0 aromatic heterocycles. The van der Waals surface area contributed by atoms with Gasteiger partial charge in [0.05, 0.1) is 17.7 Å². The SMILES string of the molecule is COc1ccc(NS(=O)(=O)c2ccccc2)c(C(C(N)=O)N(Cc2ccccc2)c2ccc(C(=N)N)cc2)c1. The summed E-state index contributed by atoms with van der Waals surface area (Å²) in [6.45, 7) is 0.274. The van der Waals surface area contributed by atoms with Crippen LogP contribution < -0.4 is 25.8 Å². The molecular weight excluding hydrogens is 514 g/mol. The number of hydrogen-bond acceptors (Lipinski definition) is 6. The van der Waals surface area contributed by atoms with Crippen molar-refractivity contribution < 1.29 is 17.9 Å². The molecule has 0 bridgehead atoms. The third-order valence-electron chi connectivity index (χ3n) is 6.14. The van der Waals surface area contributed by atoms with Gasteiger partial charge in [0.15, 0.2) is 0 Å². The van der Waals surface area contributed by atoms with Crippen LogP contribution in [0.25, 0.3) is 0 Å². The molecule has 0 heterocycles. The molecule has 1 unspecified atom stereocenters. The molecule has 4 aromatic carbocycles. The molecule has 10 heteroatoms. The number of amidine groups is 1. The fourth-order valence-electron chi connectivity index (χ4n) is 4.21. The number of primary amides is 1. The van der Waals surface area contributed by atoms with Gasteiger partial charge in [-0.1, -0.05) is 48.5 Å². The minimum atomic E-state index is -3.98. The molecular formula is C29H29N5O4S. The minimum Gasteiger partial charge on any atom is -0.497 e. The number of carbonyl (C=O) groups is 1. The number of ether oxygens (including phenoxy) is 1. The molecule has 6 N–H and O–H groups in total. The molecule has 4 aromatic rings. The highest BCUT2D eigenvalue weighted by Crippen LogP contribution is 2.36. The molecule has 0 aliphatic heterocycles. The lowest BCUT2D eigenvalue weighted by atomic mass is 10.00. The Labute approximate surface area is 227 Å². The number of amides is 1. The van der Waals surface area contributed by atoms with Gasteiger partial charge < -0.3 is 21.1 Å². The normalized spacial score (nSPS) is 11.8. The van der Waals surface area contributed by atoms with Gasteiger partial charge in [0.25, 0.3) is 10.0 Å². The Kier molecular flexibility index (Phi) is 8.16. The van der Waals surface area contributed by atoms with Gasteiger partial charge in [0.1, 0.15) is 17.6 Å². The van der Waals surface area contributed by atoms with Crippen LogP contribution in [0.4, 0.5) is 11.4 Å². The number of carbonyl (C=O) groups excluding carboxylic acids is 1. The van der Waals surface area contributed by atoms with Crippen LogP contribution in [0.3, 0.4) is 0 Å². The van der Waals surface area contributed by atoms with Crippen molar-refractivity contribution in [2.24, 2.45) is 11.5 Å². The molecule has 0 saturated heterocycles. The average Bonchev–Trinajstić information content (AvgIpc) is 2.94. The second-order valence-electron chi connectivity index (χ2n) is 8.75. The summed E-state index contributed by atoms with van der Waals surface area (Å²) in [5.41, 5.74) is 14.2. The van der Waals surface area contributed by atoms with Crippen LogP contribution in [0.1, 0.15) is 22.7 Å². The van der Waals surface area contributed by atoms with Crippen LogP contribution in [0.5, 0.6) is 5.75 Å². The standard InChI is InChI=1S/C29H29N5O4S/c1-38-23-16-17-26(33-39(36,37)24-10-6-3-7-11-24)25(18-23)27(29(32)35)34(19-20-8-4-2-5-9-20)22-14-12-21(13-15-22)28(30)31/h2-18,27,33H,19H2,1H3,(H3,30,31)(H2,32,35). The lowest BCUT2D eigenvalue weighted by molar-refractivity contribution is -0.119. The van der Waals surface area contributed by atoms with Crippen molar-refractivity contribution in [3.63, 3.8) is 0 Å². The highest BCUT2D eigenvalue weighted by Gasteiger charge is 2.31. The van der Waals surface area contributed by atoms with Gasteiger partial charge in [-0.15, -0.1) is 0 Å². The van der Waals surface area contributed by atoms with E-state index in [9.17, 15) is 13.2 Å². The zero-order chi connectivity index (χ0) is 28.0. The van der Waals surface area contributed by atoms with Crippen LogP contribution in [-0.4, -0.2) is 27.3 Å². The molecule has 4 rings (SSSR count). The van der Waals surface area contributed by atoms with E-state index in [-0.39, 0.29) is 23.0 Å². The quantitative estimate of drug-likeness (QED) is 0.166. The van der Waals surface area contributed by atoms with Crippen molar-refractivity contribution in [3.8, 4) is 5.75 Å². The van der Waals surface area contributed by atoms with Crippen molar-refractivity contribution in [1.29, 1.82) is 5.41 Å². The first-order valence-corrected chi connectivity index (χ1v) is 13.5. The molecule has 0 fully saturated rings. The monoisotopic (exact) mass is 543 g/mol. The van der Waals surface area contributed by atoms with Gasteiger partial charge in [0, 0.05) is 23.4 Å². The number of rotatable bonds is 11. The fraction of sp³-hybridized carbons (Fsp3) is 0.103. The molecule has 0 radical (unpaired) electrons. The number of hydrogen-bond donors (Lipinski definition) is 4. The van der Waals surface area contributed by atoms with Crippen molar-refractivity contribution in [3.05, 3.63) is 120 Å². The van der Waals surface area contributed by atoms with Crippen LogP contribution in [0.15, 0.2) is 108 Å². The topological polar surface area (TPSA) is 152 Å². The van der Waals surface area contributed by atoms with E-state index in [0.717, 1.165) is 5.56 Å². The smallest absolute Gasteiger partial charge is 0.261 e. The van der Waals surface area contributed by atoms with E-state index in [1.165, 1.54) is 19.2 Å². The molecule has 0 spiro atoms. The van der Waals surface area contributed by atoms with E-state index in [0.29, 0.717) is 22.6 Å². The predicted octanol–water partition coefficient (Wildman–Crippen LogP) is 4.01. The van der Waals surface area contributed by atoms with Gasteiger partial charge in [-0.2, -0.15) is 0 Å². The first-order chi connectivity index (χ1) is 18.7. The summed E-state index contributed by atoms with van der Waals surface area (Å²) in [5, 5.41) is 7.72. The van der Waals surface area contributed by atoms with Gasteiger partial charge >= 0.3 is 0 Å². The number of sulfonamides is 1. The Morgan fingerprint density at radius 2 is 1.54 bits per heavy atom. The lowest BCUT2D eigenvalue weighted by Gasteiger charge is -2.33. The van der Waals surface area contributed by atoms with Gasteiger partial charge in [-0.05, 0) is 60.2 Å². The van der Waals surface area contributed by atoms with Crippen molar-refractivity contribution in [2.45, 2.75) is 17.5 Å². The first-order valence-electron chi connectivity index (χ1n) is 12.0. The van der Waals surface area contributed by atoms with E-state index in [1.807, 2.05) is 30.3 Å². The molecule has 1 amide bonds. The molecule has 1 atom stereocenters. The van der Waals surface area contributed by atoms with Crippen molar-refractivity contribution in [1.82, 2.24) is 0 Å². The maximum atomic E-state index is 13.2. The lowest BCUT2D eigenvalue weighted by Crippen LogP contribution is -2.38. The third kappa shape index (κ3) is 6.36. The second-order valence-corrected chi connectivity index (χ2v) is 10.4. The number of nitrogens with two attached hydrogens (primary N) is 2. The Morgan fingerprint density at radius 3 is 2.10 bits per heavy atom. The van der Waals surface area contributed by atoms with Crippen molar-refractivity contribution >= 4 is 33.1 Å². The second kappa shape index (κ2) is 11.7. The molecule has 0 aliphatic rings. The summed E-state index contributed by atoms with van der Waals surface area (Å²) in [6, 6.07) is 27.9. The average molecular weight is 544 g/mol. The largest absolute Gasteiger partial charge is 0.497 e. The number of anilines is 2. The highest BCUT2D eigenvalue weighted by molar-refractivity contribution is 7.92.